The monoisotopic (exact) mass is 274 g/mol. The maximum atomic E-state index is 13.6. The first-order chi connectivity index (χ1) is 9.47. The molecule has 2 aromatic carbocycles. The number of hydrogen-bond acceptors (Lipinski definition) is 4. The van der Waals surface area contributed by atoms with Gasteiger partial charge in [-0.15, -0.1) is 0 Å². The molecule has 0 aromatic heterocycles. The molecule has 0 bridgehead atoms. The summed E-state index contributed by atoms with van der Waals surface area (Å²) in [5.41, 5.74) is 11.3. The Labute approximate surface area is 114 Å². The van der Waals surface area contributed by atoms with Crippen molar-refractivity contribution in [2.75, 3.05) is 5.73 Å². The summed E-state index contributed by atoms with van der Waals surface area (Å²) in [6, 6.07) is 9.75. The van der Waals surface area contributed by atoms with E-state index in [-0.39, 0.29) is 17.1 Å². The van der Waals surface area contributed by atoms with Crippen molar-refractivity contribution in [3.05, 3.63) is 59.4 Å². The number of rotatable bonds is 3. The SMILES string of the molecule is NC(=O)Oc1ccc(C(=O)c2ccc(N)cc2)cc1F. The first-order valence-corrected chi connectivity index (χ1v) is 5.64. The molecule has 5 nitrogen and oxygen atoms in total. The molecule has 0 heterocycles. The summed E-state index contributed by atoms with van der Waals surface area (Å²) in [7, 11) is 0. The summed E-state index contributed by atoms with van der Waals surface area (Å²) >= 11 is 0. The predicted molar refractivity (Wildman–Crippen MR) is 70.9 cm³/mol. The number of primary amides is 1. The molecule has 0 aliphatic carbocycles. The number of anilines is 1. The Kier molecular flexibility index (Phi) is 3.65. The van der Waals surface area contributed by atoms with Crippen LogP contribution < -0.4 is 16.2 Å². The van der Waals surface area contributed by atoms with E-state index >= 15 is 0 Å². The average Bonchev–Trinajstić information content (AvgIpc) is 2.41. The fourth-order valence-electron chi connectivity index (χ4n) is 1.63. The van der Waals surface area contributed by atoms with Gasteiger partial charge in [-0.25, -0.2) is 9.18 Å². The van der Waals surface area contributed by atoms with Gasteiger partial charge in [0.25, 0.3) is 0 Å². The van der Waals surface area contributed by atoms with Gasteiger partial charge < -0.3 is 16.2 Å². The summed E-state index contributed by atoms with van der Waals surface area (Å²) in [4.78, 5) is 22.7. The van der Waals surface area contributed by atoms with Gasteiger partial charge in [0, 0.05) is 16.8 Å². The first kappa shape index (κ1) is 13.5. The van der Waals surface area contributed by atoms with E-state index in [1.807, 2.05) is 0 Å². The number of nitrogen functional groups attached to an aromatic ring is 1. The van der Waals surface area contributed by atoms with Crippen molar-refractivity contribution in [3.8, 4) is 5.75 Å². The second kappa shape index (κ2) is 5.40. The number of carbonyl (C=O) groups excluding carboxylic acids is 2. The molecule has 20 heavy (non-hydrogen) atoms. The molecule has 0 atom stereocenters. The van der Waals surface area contributed by atoms with Crippen molar-refractivity contribution in [1.82, 2.24) is 0 Å². The zero-order valence-electron chi connectivity index (χ0n) is 10.3. The van der Waals surface area contributed by atoms with Crippen LogP contribution in [0.1, 0.15) is 15.9 Å². The summed E-state index contributed by atoms with van der Waals surface area (Å²) in [6.45, 7) is 0. The van der Waals surface area contributed by atoms with E-state index in [0.717, 1.165) is 6.07 Å². The molecular weight excluding hydrogens is 263 g/mol. The smallest absolute Gasteiger partial charge is 0.407 e. The maximum Gasteiger partial charge on any atom is 0.410 e. The lowest BCUT2D eigenvalue weighted by molar-refractivity contribution is 0.103. The van der Waals surface area contributed by atoms with E-state index in [4.69, 9.17) is 11.5 Å². The number of ether oxygens (including phenoxy) is 1. The second-order valence-electron chi connectivity index (χ2n) is 4.02. The van der Waals surface area contributed by atoms with Crippen LogP contribution in [0.5, 0.6) is 5.75 Å². The minimum absolute atomic E-state index is 0.129. The maximum absolute atomic E-state index is 13.6. The molecule has 0 saturated carbocycles. The Morgan fingerprint density at radius 3 is 2.15 bits per heavy atom. The highest BCUT2D eigenvalue weighted by atomic mass is 19.1. The van der Waals surface area contributed by atoms with Gasteiger partial charge in [0.15, 0.2) is 17.3 Å². The molecular formula is C14H11FN2O3. The number of halogens is 1. The number of carbonyl (C=O) groups is 2. The minimum Gasteiger partial charge on any atom is -0.407 e. The second-order valence-corrected chi connectivity index (χ2v) is 4.02. The normalized spacial score (nSPS) is 10.1. The minimum atomic E-state index is -1.12. The fraction of sp³-hybridized carbons (Fsp3) is 0. The number of benzene rings is 2. The van der Waals surface area contributed by atoms with Crippen LogP contribution in [0.2, 0.25) is 0 Å². The molecule has 2 aromatic rings. The van der Waals surface area contributed by atoms with E-state index in [9.17, 15) is 14.0 Å². The fourth-order valence-corrected chi connectivity index (χ4v) is 1.63. The largest absolute Gasteiger partial charge is 0.410 e. The number of hydrogen-bond donors (Lipinski definition) is 2. The van der Waals surface area contributed by atoms with E-state index in [2.05, 4.69) is 4.74 Å². The van der Waals surface area contributed by atoms with Crippen molar-refractivity contribution in [3.63, 3.8) is 0 Å². The topological polar surface area (TPSA) is 95.4 Å². The van der Waals surface area contributed by atoms with Crippen molar-refractivity contribution in [2.24, 2.45) is 5.73 Å². The summed E-state index contributed by atoms with van der Waals surface area (Å²) in [5, 5.41) is 0. The standard InChI is InChI=1S/C14H11FN2O3/c15-11-7-9(3-6-12(11)20-14(17)19)13(18)8-1-4-10(16)5-2-8/h1-7H,16H2,(H2,17,19). The van der Waals surface area contributed by atoms with Crippen molar-refractivity contribution in [2.45, 2.75) is 0 Å². The number of ketones is 1. The molecule has 0 saturated heterocycles. The Balaban J connectivity index is 2.29. The lowest BCUT2D eigenvalue weighted by Gasteiger charge is -2.05. The van der Waals surface area contributed by atoms with Gasteiger partial charge in [0.05, 0.1) is 0 Å². The molecule has 0 fully saturated rings. The third-order valence-electron chi connectivity index (χ3n) is 2.58. The van der Waals surface area contributed by atoms with Crippen LogP contribution in [0, 0.1) is 5.82 Å². The molecule has 102 valence electrons. The van der Waals surface area contributed by atoms with E-state index in [1.54, 1.807) is 24.3 Å². The van der Waals surface area contributed by atoms with Gasteiger partial charge in [-0.05, 0) is 42.5 Å². The lowest BCUT2D eigenvalue weighted by Crippen LogP contribution is -2.17. The van der Waals surface area contributed by atoms with Crippen LogP contribution in [-0.4, -0.2) is 11.9 Å². The molecule has 0 spiro atoms. The molecule has 0 aliphatic rings. The van der Waals surface area contributed by atoms with E-state index < -0.39 is 11.9 Å². The highest BCUT2D eigenvalue weighted by molar-refractivity contribution is 6.09. The van der Waals surface area contributed by atoms with Crippen LogP contribution in [0.3, 0.4) is 0 Å². The Hall–Kier alpha value is -2.89. The van der Waals surface area contributed by atoms with Crippen LogP contribution in [-0.2, 0) is 0 Å². The van der Waals surface area contributed by atoms with Gasteiger partial charge in [0.2, 0.25) is 0 Å². The lowest BCUT2D eigenvalue weighted by atomic mass is 10.0. The molecule has 2 rings (SSSR count). The average molecular weight is 274 g/mol. The van der Waals surface area contributed by atoms with Crippen molar-refractivity contribution in [1.29, 1.82) is 0 Å². The Morgan fingerprint density at radius 1 is 1.00 bits per heavy atom. The molecule has 0 aliphatic heterocycles. The molecule has 6 heteroatoms. The van der Waals surface area contributed by atoms with Crippen LogP contribution >= 0.6 is 0 Å². The summed E-state index contributed by atoms with van der Waals surface area (Å²) in [6.07, 6.45) is -1.12. The van der Waals surface area contributed by atoms with Gasteiger partial charge in [-0.1, -0.05) is 0 Å². The van der Waals surface area contributed by atoms with Crippen molar-refractivity contribution < 1.29 is 18.7 Å². The van der Waals surface area contributed by atoms with E-state index in [1.165, 1.54) is 12.1 Å². The summed E-state index contributed by atoms with van der Waals surface area (Å²) in [5.74, 6) is -1.54. The molecule has 0 radical (unpaired) electrons. The Morgan fingerprint density at radius 2 is 1.60 bits per heavy atom. The number of amides is 1. The number of nitrogens with two attached hydrogens (primary N) is 2. The van der Waals surface area contributed by atoms with Crippen LogP contribution in [0.4, 0.5) is 14.9 Å². The zero-order chi connectivity index (χ0) is 14.7. The van der Waals surface area contributed by atoms with Crippen molar-refractivity contribution >= 4 is 17.6 Å². The first-order valence-electron chi connectivity index (χ1n) is 5.64. The van der Waals surface area contributed by atoms with Crippen LogP contribution in [0.15, 0.2) is 42.5 Å². The van der Waals surface area contributed by atoms with Crippen LogP contribution in [0.25, 0.3) is 0 Å². The van der Waals surface area contributed by atoms with Gasteiger partial charge in [0.1, 0.15) is 0 Å². The summed E-state index contributed by atoms with van der Waals surface area (Å²) < 4.78 is 18.1. The zero-order valence-corrected chi connectivity index (χ0v) is 10.3. The highest BCUT2D eigenvalue weighted by Crippen LogP contribution is 2.20. The van der Waals surface area contributed by atoms with Gasteiger partial charge >= 0.3 is 6.09 Å². The highest BCUT2D eigenvalue weighted by Gasteiger charge is 2.13. The third-order valence-corrected chi connectivity index (χ3v) is 2.58. The molecule has 1 amide bonds. The van der Waals surface area contributed by atoms with Gasteiger partial charge in [-0.3, -0.25) is 4.79 Å². The van der Waals surface area contributed by atoms with Gasteiger partial charge in [-0.2, -0.15) is 0 Å². The quantitative estimate of drug-likeness (QED) is 0.661. The van der Waals surface area contributed by atoms with E-state index in [0.29, 0.717) is 11.3 Å². The third kappa shape index (κ3) is 2.92. The predicted octanol–water partition coefficient (Wildman–Crippen LogP) is 2.10. The molecule has 0 unspecified atom stereocenters. The Bertz CT molecular complexity index is 669. The molecule has 4 N–H and O–H groups in total.